The van der Waals surface area contributed by atoms with Gasteiger partial charge in [0.25, 0.3) is 0 Å². The molecule has 2 aliphatic carbocycles. The van der Waals surface area contributed by atoms with Crippen molar-refractivity contribution in [1.82, 2.24) is 0 Å². The highest BCUT2D eigenvalue weighted by atomic mass is 28.2. The van der Waals surface area contributed by atoms with Gasteiger partial charge in [0, 0.05) is 0 Å². The van der Waals surface area contributed by atoms with E-state index in [0.29, 0.717) is 11.8 Å². The second-order valence-electron chi connectivity index (χ2n) is 9.17. The summed E-state index contributed by atoms with van der Waals surface area (Å²) < 4.78 is 33.5. The highest BCUT2D eigenvalue weighted by molar-refractivity contribution is 6.53. The van der Waals surface area contributed by atoms with E-state index < -0.39 is 21.2 Å². The molecule has 28 heavy (non-hydrogen) atoms. The first-order valence-electron chi connectivity index (χ1n) is 11.7. The lowest BCUT2D eigenvalue weighted by atomic mass is 9.69. The van der Waals surface area contributed by atoms with E-state index in [9.17, 15) is 8.78 Å². The third kappa shape index (κ3) is 5.58. The first-order valence-corrected chi connectivity index (χ1v) is 13.4. The molecule has 0 atom stereocenters. The van der Waals surface area contributed by atoms with Gasteiger partial charge >= 0.3 is 0 Å². The molecule has 0 N–H and O–H groups in total. The fraction of sp³-hybridized carbons (Fsp3) is 0.750. The summed E-state index contributed by atoms with van der Waals surface area (Å²) in [7, 11) is -0.760. The Labute approximate surface area is 172 Å². The molecule has 0 heterocycles. The molecule has 0 aromatic heterocycles. The zero-order valence-corrected chi connectivity index (χ0v) is 19.2. The van der Waals surface area contributed by atoms with Crippen molar-refractivity contribution in [2.24, 2.45) is 23.7 Å². The van der Waals surface area contributed by atoms with Gasteiger partial charge in [-0.15, -0.1) is 0 Å². The van der Waals surface area contributed by atoms with Gasteiger partial charge in [-0.2, -0.15) is 4.39 Å². The Bertz CT molecular complexity index is 605. The van der Waals surface area contributed by atoms with Crippen LogP contribution in [-0.4, -0.2) is 16.1 Å². The lowest BCUT2D eigenvalue weighted by molar-refractivity contribution is 0.147. The van der Waals surface area contributed by atoms with Crippen LogP contribution >= 0.6 is 0 Å². The van der Waals surface area contributed by atoms with Gasteiger partial charge in [0.05, 0.1) is 16.1 Å². The van der Waals surface area contributed by atoms with E-state index >= 15 is 0 Å². The first-order chi connectivity index (χ1) is 13.6. The molecule has 0 bridgehead atoms. The van der Waals surface area contributed by atoms with Crippen molar-refractivity contribution < 1.29 is 13.5 Å². The molecule has 2 aliphatic rings. The molecule has 2 fully saturated rings. The average molecular weight is 409 g/mol. The van der Waals surface area contributed by atoms with Crippen LogP contribution < -0.4 is 9.92 Å². The maximum atomic E-state index is 14.3. The molecule has 0 radical (unpaired) electrons. The zero-order valence-electron chi connectivity index (χ0n) is 17.8. The van der Waals surface area contributed by atoms with Crippen molar-refractivity contribution in [3.05, 3.63) is 23.8 Å². The molecule has 0 aliphatic heterocycles. The van der Waals surface area contributed by atoms with Gasteiger partial charge in [-0.25, -0.2) is 4.39 Å². The van der Waals surface area contributed by atoms with Crippen LogP contribution in [0, 0.1) is 35.3 Å². The van der Waals surface area contributed by atoms with Crippen LogP contribution in [0.5, 0.6) is 5.75 Å². The minimum Gasteiger partial charge on any atom is -0.491 e. The van der Waals surface area contributed by atoms with Crippen LogP contribution in [0.2, 0.25) is 6.04 Å². The third-order valence-electron chi connectivity index (χ3n) is 7.40. The maximum absolute atomic E-state index is 14.3. The summed E-state index contributed by atoms with van der Waals surface area (Å²) in [6, 6.07) is 4.48. The van der Waals surface area contributed by atoms with E-state index in [1.165, 1.54) is 64.2 Å². The summed E-state index contributed by atoms with van der Waals surface area (Å²) in [5.41, 5.74) is 0. The SMILES string of the molecule is CCC[C@H]1CC[C@H]([C@H]2CC[C@H](C[SiH2]c3ccc(OCC)c(F)c3F)CC2)CC1. The van der Waals surface area contributed by atoms with E-state index in [2.05, 4.69) is 6.92 Å². The van der Waals surface area contributed by atoms with E-state index in [-0.39, 0.29) is 5.75 Å². The molecule has 0 amide bonds. The zero-order chi connectivity index (χ0) is 19.9. The second kappa shape index (κ2) is 10.8. The van der Waals surface area contributed by atoms with Gasteiger partial charge in [0.2, 0.25) is 0 Å². The molecule has 158 valence electrons. The largest absolute Gasteiger partial charge is 0.491 e. The Morgan fingerprint density at radius 1 is 0.857 bits per heavy atom. The molecular weight excluding hydrogens is 370 g/mol. The van der Waals surface area contributed by atoms with Crippen LogP contribution in [0.15, 0.2) is 12.1 Å². The third-order valence-corrected chi connectivity index (χ3v) is 9.58. The smallest absolute Gasteiger partial charge is 0.200 e. The van der Waals surface area contributed by atoms with Crippen molar-refractivity contribution in [2.45, 2.75) is 84.1 Å². The molecule has 2 saturated carbocycles. The summed E-state index contributed by atoms with van der Waals surface area (Å²) >= 11 is 0. The Morgan fingerprint density at radius 2 is 1.46 bits per heavy atom. The van der Waals surface area contributed by atoms with Gasteiger partial charge in [0.15, 0.2) is 17.4 Å². The molecule has 1 aromatic rings. The standard InChI is InChI=1S/C24H38F2OSi/c1-3-5-17-6-10-19(11-7-17)20-12-8-18(9-13-20)16-28-22-15-14-21(27-4-2)23(25)24(22)26/h14-15,17-20H,3-13,16,28H2,1-2H3/t17-,18-,19-,20-. The number of hydrogen-bond acceptors (Lipinski definition) is 1. The van der Waals surface area contributed by atoms with Gasteiger partial charge in [-0.05, 0) is 67.5 Å². The topological polar surface area (TPSA) is 9.23 Å². The summed E-state index contributed by atoms with van der Waals surface area (Å²) in [5.74, 6) is 2.21. The lowest BCUT2D eigenvalue weighted by Gasteiger charge is -2.38. The number of hydrogen-bond donors (Lipinski definition) is 0. The highest BCUT2D eigenvalue weighted by Crippen LogP contribution is 2.42. The Balaban J connectivity index is 1.42. The predicted octanol–water partition coefficient (Wildman–Crippen LogP) is 5.99. The number of halogens is 2. The molecule has 0 unspecified atom stereocenters. The number of rotatable bonds is 8. The fourth-order valence-electron chi connectivity index (χ4n) is 5.70. The molecule has 3 rings (SSSR count). The van der Waals surface area contributed by atoms with Gasteiger partial charge in [-0.3, -0.25) is 0 Å². The van der Waals surface area contributed by atoms with Crippen LogP contribution in [0.4, 0.5) is 8.78 Å². The predicted molar refractivity (Wildman–Crippen MR) is 116 cm³/mol. The lowest BCUT2D eigenvalue weighted by Crippen LogP contribution is -2.28. The summed E-state index contributed by atoms with van der Waals surface area (Å²) in [6.45, 7) is 4.45. The van der Waals surface area contributed by atoms with E-state index in [4.69, 9.17) is 4.74 Å². The Hall–Kier alpha value is -0.903. The number of benzene rings is 1. The van der Waals surface area contributed by atoms with Crippen LogP contribution in [0.25, 0.3) is 0 Å². The van der Waals surface area contributed by atoms with Crippen LogP contribution in [0.3, 0.4) is 0 Å². The monoisotopic (exact) mass is 408 g/mol. The highest BCUT2D eigenvalue weighted by Gasteiger charge is 2.30. The molecular formula is C24H38F2OSi. The second-order valence-corrected chi connectivity index (χ2v) is 11.0. The Morgan fingerprint density at radius 3 is 2.04 bits per heavy atom. The van der Waals surface area contributed by atoms with Crippen LogP contribution in [-0.2, 0) is 0 Å². The first kappa shape index (κ1) is 21.8. The van der Waals surface area contributed by atoms with Crippen LogP contribution in [0.1, 0.15) is 78.1 Å². The molecule has 4 heteroatoms. The van der Waals surface area contributed by atoms with E-state index in [0.717, 1.165) is 29.7 Å². The summed E-state index contributed by atoms with van der Waals surface area (Å²) in [6.07, 6.45) is 13.9. The average Bonchev–Trinajstić information content (AvgIpc) is 2.72. The van der Waals surface area contributed by atoms with E-state index in [1.807, 2.05) is 0 Å². The Kier molecular flexibility index (Phi) is 8.37. The minimum absolute atomic E-state index is 0.0481. The maximum Gasteiger partial charge on any atom is 0.200 e. The normalized spacial score (nSPS) is 28.7. The fourth-order valence-corrected chi connectivity index (χ4v) is 7.65. The van der Waals surface area contributed by atoms with Gasteiger partial charge in [-0.1, -0.05) is 57.6 Å². The summed E-state index contributed by atoms with van der Waals surface area (Å²) in [5, 5.41) is 0.636. The van der Waals surface area contributed by atoms with Gasteiger partial charge in [0.1, 0.15) is 0 Å². The molecule has 0 saturated heterocycles. The van der Waals surface area contributed by atoms with Gasteiger partial charge < -0.3 is 4.74 Å². The summed E-state index contributed by atoms with van der Waals surface area (Å²) in [4.78, 5) is 0. The van der Waals surface area contributed by atoms with Crippen molar-refractivity contribution in [2.75, 3.05) is 6.61 Å². The molecule has 0 spiro atoms. The number of ether oxygens (including phenoxy) is 1. The van der Waals surface area contributed by atoms with Crippen molar-refractivity contribution in [1.29, 1.82) is 0 Å². The van der Waals surface area contributed by atoms with Crippen molar-refractivity contribution in [3.8, 4) is 5.75 Å². The van der Waals surface area contributed by atoms with Crippen molar-refractivity contribution >= 4 is 14.7 Å². The quantitative estimate of drug-likeness (QED) is 0.480. The minimum atomic E-state index is -0.797. The molecule has 1 nitrogen and oxygen atoms in total. The molecule has 1 aromatic carbocycles. The van der Waals surface area contributed by atoms with E-state index in [1.54, 1.807) is 19.1 Å². The van der Waals surface area contributed by atoms with Crippen molar-refractivity contribution in [3.63, 3.8) is 0 Å².